The number of carbonyl (C=O) groups is 2. The Hall–Kier alpha value is -2.80. The van der Waals surface area contributed by atoms with Gasteiger partial charge in [0.05, 0.1) is 6.54 Å². The first-order valence-corrected chi connectivity index (χ1v) is 6.16. The van der Waals surface area contributed by atoms with Gasteiger partial charge in [-0.1, -0.05) is 5.11 Å². The highest BCUT2D eigenvalue weighted by molar-refractivity contribution is 6.07. The second kappa shape index (κ2) is 4.64. The van der Waals surface area contributed by atoms with E-state index >= 15 is 0 Å². The van der Waals surface area contributed by atoms with Crippen LogP contribution in [0, 0.1) is 5.82 Å². The molecule has 1 spiro atoms. The van der Waals surface area contributed by atoms with Gasteiger partial charge >= 0.3 is 6.03 Å². The van der Waals surface area contributed by atoms with Crippen molar-refractivity contribution in [3.8, 4) is 5.75 Å². The van der Waals surface area contributed by atoms with Gasteiger partial charge in [-0.2, -0.15) is 0 Å². The van der Waals surface area contributed by atoms with Gasteiger partial charge < -0.3 is 10.1 Å². The number of amides is 3. The van der Waals surface area contributed by atoms with E-state index in [1.807, 2.05) is 0 Å². The number of rotatable bonds is 2. The monoisotopic (exact) mass is 291 g/mol. The van der Waals surface area contributed by atoms with Gasteiger partial charge in [0.1, 0.15) is 17.7 Å². The third-order valence-corrected chi connectivity index (χ3v) is 3.52. The zero-order valence-electron chi connectivity index (χ0n) is 10.7. The average molecular weight is 291 g/mol. The van der Waals surface area contributed by atoms with Crippen molar-refractivity contribution in [3.05, 3.63) is 40.0 Å². The summed E-state index contributed by atoms with van der Waals surface area (Å²) in [6, 6.07) is 3.08. The minimum Gasteiger partial charge on any atom is -0.490 e. The molecule has 2 aliphatic rings. The van der Waals surface area contributed by atoms with Crippen LogP contribution in [0.25, 0.3) is 10.4 Å². The molecule has 1 aromatic carbocycles. The Bertz CT molecular complexity index is 687. The number of nitrogens with zero attached hydrogens (tertiary/aromatic N) is 3. The lowest BCUT2D eigenvalue weighted by molar-refractivity contribution is -0.126. The lowest BCUT2D eigenvalue weighted by atomic mass is 9.81. The number of nitrogens with one attached hydrogen (secondary N) is 2. The Labute approximate surface area is 117 Å². The van der Waals surface area contributed by atoms with Gasteiger partial charge in [0.25, 0.3) is 5.91 Å². The maximum absolute atomic E-state index is 13.5. The number of imide groups is 1. The summed E-state index contributed by atoms with van der Waals surface area (Å²) >= 11 is 0. The number of hydrogen-bond acceptors (Lipinski definition) is 4. The zero-order valence-corrected chi connectivity index (χ0v) is 10.7. The van der Waals surface area contributed by atoms with E-state index in [0.29, 0.717) is 0 Å². The summed E-state index contributed by atoms with van der Waals surface area (Å²) in [6.45, 7) is -0.00177. The Morgan fingerprint density at radius 3 is 3.00 bits per heavy atom. The molecule has 0 saturated carbocycles. The largest absolute Gasteiger partial charge is 0.490 e. The molecule has 3 amide bonds. The summed E-state index contributed by atoms with van der Waals surface area (Å²) in [6.07, 6.45) is -0.539. The topological polar surface area (TPSA) is 116 Å². The highest BCUT2D eigenvalue weighted by Gasteiger charge is 2.53. The molecule has 0 unspecified atom stereocenters. The van der Waals surface area contributed by atoms with E-state index < -0.39 is 29.4 Å². The summed E-state index contributed by atoms with van der Waals surface area (Å²) < 4.78 is 19.1. The second-order valence-corrected chi connectivity index (χ2v) is 4.81. The molecule has 3 rings (SSSR count). The molecule has 21 heavy (non-hydrogen) atoms. The summed E-state index contributed by atoms with van der Waals surface area (Å²) in [4.78, 5) is 26.3. The fraction of sp³-hybridized carbons (Fsp3) is 0.333. The van der Waals surface area contributed by atoms with Gasteiger partial charge in [0.15, 0.2) is 5.54 Å². The van der Waals surface area contributed by atoms with Gasteiger partial charge in [0, 0.05) is 16.9 Å². The van der Waals surface area contributed by atoms with Crippen molar-refractivity contribution < 1.29 is 18.7 Å². The molecular weight excluding hydrogens is 281 g/mol. The van der Waals surface area contributed by atoms with Crippen molar-refractivity contribution in [1.29, 1.82) is 0 Å². The van der Waals surface area contributed by atoms with Gasteiger partial charge in [-0.3, -0.25) is 10.1 Å². The number of ether oxygens (including phenoxy) is 1. The van der Waals surface area contributed by atoms with Crippen LogP contribution in [0.5, 0.6) is 5.75 Å². The summed E-state index contributed by atoms with van der Waals surface area (Å²) in [5.74, 6) is -0.842. The molecule has 2 atom stereocenters. The van der Waals surface area contributed by atoms with Crippen molar-refractivity contribution in [1.82, 2.24) is 10.6 Å². The van der Waals surface area contributed by atoms with Crippen molar-refractivity contribution in [2.24, 2.45) is 5.11 Å². The first-order valence-electron chi connectivity index (χ1n) is 6.16. The Kier molecular flexibility index (Phi) is 2.91. The molecular formula is C12H10FN5O3. The minimum atomic E-state index is -1.40. The molecule has 0 radical (unpaired) electrons. The van der Waals surface area contributed by atoms with Crippen molar-refractivity contribution in [2.75, 3.05) is 6.54 Å². The molecule has 1 saturated heterocycles. The Balaban J connectivity index is 2.09. The van der Waals surface area contributed by atoms with Crippen LogP contribution in [0.3, 0.4) is 0 Å². The molecule has 8 nitrogen and oxygen atoms in total. The first-order chi connectivity index (χ1) is 10.0. The standard InChI is InChI=1S/C12H10FN5O3/c13-6-1-2-9-8(3-6)12(10(19)16-11(20)17-12)4-7(21-9)5-15-18-14/h1-3,7H,4-5H2,(H2,16,17,19,20)/t7-,12-/m0/s1. The fourth-order valence-electron chi connectivity index (χ4n) is 2.67. The molecule has 0 aliphatic carbocycles. The molecule has 2 N–H and O–H groups in total. The Morgan fingerprint density at radius 1 is 1.52 bits per heavy atom. The Morgan fingerprint density at radius 2 is 2.33 bits per heavy atom. The van der Waals surface area contributed by atoms with Gasteiger partial charge in [-0.05, 0) is 23.7 Å². The predicted octanol–water partition coefficient (Wildman–Crippen LogP) is 1.32. The maximum Gasteiger partial charge on any atom is 0.322 e. The van der Waals surface area contributed by atoms with Crippen LogP contribution in [0.4, 0.5) is 9.18 Å². The molecule has 1 aromatic rings. The third kappa shape index (κ3) is 2.03. The van der Waals surface area contributed by atoms with Crippen molar-refractivity contribution in [2.45, 2.75) is 18.1 Å². The molecule has 108 valence electrons. The number of halogens is 1. The van der Waals surface area contributed by atoms with Crippen LogP contribution in [0.2, 0.25) is 0 Å². The molecule has 1 fully saturated rings. The molecule has 2 aliphatic heterocycles. The average Bonchev–Trinajstić information content (AvgIpc) is 2.72. The molecule has 2 heterocycles. The molecule has 0 aromatic heterocycles. The normalized spacial score (nSPS) is 26.4. The highest BCUT2D eigenvalue weighted by Crippen LogP contribution is 2.41. The lowest BCUT2D eigenvalue weighted by Gasteiger charge is -2.37. The van der Waals surface area contributed by atoms with Crippen LogP contribution >= 0.6 is 0 Å². The first kappa shape index (κ1) is 13.2. The van der Waals surface area contributed by atoms with Crippen molar-refractivity contribution in [3.63, 3.8) is 0 Å². The number of fused-ring (bicyclic) bond motifs is 2. The number of urea groups is 1. The second-order valence-electron chi connectivity index (χ2n) is 4.81. The highest BCUT2D eigenvalue weighted by atomic mass is 19.1. The number of azide groups is 1. The van der Waals surface area contributed by atoms with Crippen LogP contribution in [-0.4, -0.2) is 24.6 Å². The summed E-state index contributed by atoms with van der Waals surface area (Å²) in [5.41, 5.74) is 7.24. The van der Waals surface area contributed by atoms with Gasteiger partial charge in [0.2, 0.25) is 0 Å². The van der Waals surface area contributed by atoms with E-state index in [0.717, 1.165) is 6.07 Å². The van der Waals surface area contributed by atoms with Gasteiger partial charge in [-0.25, -0.2) is 9.18 Å². The number of hydrogen-bond donors (Lipinski definition) is 2. The lowest BCUT2D eigenvalue weighted by Crippen LogP contribution is -2.51. The summed E-state index contributed by atoms with van der Waals surface area (Å²) in [7, 11) is 0. The van der Waals surface area contributed by atoms with E-state index in [1.165, 1.54) is 12.1 Å². The molecule has 9 heteroatoms. The van der Waals surface area contributed by atoms with E-state index in [1.54, 1.807) is 0 Å². The van der Waals surface area contributed by atoms with E-state index in [-0.39, 0.29) is 24.3 Å². The van der Waals surface area contributed by atoms with Crippen LogP contribution in [0.1, 0.15) is 12.0 Å². The smallest absolute Gasteiger partial charge is 0.322 e. The number of benzene rings is 1. The molecule has 0 bridgehead atoms. The zero-order chi connectivity index (χ0) is 15.0. The van der Waals surface area contributed by atoms with Crippen LogP contribution in [0.15, 0.2) is 23.3 Å². The van der Waals surface area contributed by atoms with E-state index in [2.05, 4.69) is 20.7 Å². The van der Waals surface area contributed by atoms with Gasteiger partial charge in [-0.15, -0.1) is 0 Å². The minimum absolute atomic E-state index is 0.00177. The number of carbonyl (C=O) groups excluding carboxylic acids is 2. The van der Waals surface area contributed by atoms with E-state index in [4.69, 9.17) is 10.3 Å². The quantitative estimate of drug-likeness (QED) is 0.370. The van der Waals surface area contributed by atoms with Crippen molar-refractivity contribution >= 4 is 11.9 Å². The third-order valence-electron chi connectivity index (χ3n) is 3.52. The fourth-order valence-corrected chi connectivity index (χ4v) is 2.67. The SMILES string of the molecule is [N-]=[N+]=NC[C@@H]1C[C@]2(NC(=O)NC2=O)c2cc(F)ccc2O1. The van der Waals surface area contributed by atoms with Crippen LogP contribution < -0.4 is 15.4 Å². The van der Waals surface area contributed by atoms with Crippen LogP contribution in [-0.2, 0) is 10.3 Å². The predicted molar refractivity (Wildman–Crippen MR) is 67.8 cm³/mol. The summed E-state index contributed by atoms with van der Waals surface area (Å²) in [5, 5.41) is 8.09. The van der Waals surface area contributed by atoms with E-state index in [9.17, 15) is 14.0 Å². The maximum atomic E-state index is 13.5.